The van der Waals surface area contributed by atoms with Crippen LogP contribution in [0.5, 0.6) is 0 Å². The van der Waals surface area contributed by atoms with Gasteiger partial charge >= 0.3 is 0 Å². The molecule has 1 aliphatic rings. The van der Waals surface area contributed by atoms with Crippen molar-refractivity contribution in [1.29, 1.82) is 5.26 Å². The van der Waals surface area contributed by atoms with Crippen molar-refractivity contribution < 1.29 is 12.8 Å². The van der Waals surface area contributed by atoms with E-state index < -0.39 is 15.3 Å². The summed E-state index contributed by atoms with van der Waals surface area (Å²) in [5.41, 5.74) is 0.885. The third kappa shape index (κ3) is 3.48. The van der Waals surface area contributed by atoms with Crippen molar-refractivity contribution in [3.63, 3.8) is 0 Å². The zero-order chi connectivity index (χ0) is 16.3. The second-order valence-corrected chi connectivity index (χ2v) is 7.61. The predicted molar refractivity (Wildman–Crippen MR) is 81.4 cm³/mol. The lowest BCUT2D eigenvalue weighted by molar-refractivity contribution is 0.167. The van der Waals surface area contributed by atoms with E-state index in [1.807, 2.05) is 19.9 Å². The predicted octanol–water partition coefficient (Wildman–Crippen LogP) is 1.04. The van der Waals surface area contributed by atoms with E-state index >= 15 is 0 Å². The molecule has 1 aromatic rings. The number of aromatic nitrogens is 1. The Hall–Kier alpha value is -1.43. The molecular formula is C14H22N4O3S. The third-order valence-corrected chi connectivity index (χ3v) is 6.24. The van der Waals surface area contributed by atoms with Crippen LogP contribution in [0.15, 0.2) is 4.42 Å². The van der Waals surface area contributed by atoms with E-state index in [1.165, 1.54) is 4.31 Å². The lowest BCUT2D eigenvalue weighted by atomic mass is 10.3. The average Bonchev–Trinajstić information content (AvgIpc) is 2.79. The number of piperazine rings is 1. The molecule has 2 heterocycles. The molecular weight excluding hydrogens is 304 g/mol. The van der Waals surface area contributed by atoms with E-state index in [2.05, 4.69) is 9.88 Å². The molecule has 8 heteroatoms. The molecule has 0 unspecified atom stereocenters. The summed E-state index contributed by atoms with van der Waals surface area (Å²) in [5, 5.41) is 8.03. The van der Waals surface area contributed by atoms with Gasteiger partial charge in [0.1, 0.15) is 5.76 Å². The zero-order valence-electron chi connectivity index (χ0n) is 13.2. The Morgan fingerprint density at radius 2 is 1.95 bits per heavy atom. The van der Waals surface area contributed by atoms with Crippen molar-refractivity contribution in [3.05, 3.63) is 17.3 Å². The van der Waals surface area contributed by atoms with Crippen molar-refractivity contribution in [2.24, 2.45) is 0 Å². The summed E-state index contributed by atoms with van der Waals surface area (Å²) in [5.74, 6) is 1.48. The van der Waals surface area contributed by atoms with Crippen LogP contribution in [-0.2, 0) is 16.6 Å². The average molecular weight is 326 g/mol. The van der Waals surface area contributed by atoms with E-state index in [9.17, 15) is 8.42 Å². The molecule has 0 amide bonds. The maximum atomic E-state index is 12.3. The minimum Gasteiger partial charge on any atom is -0.444 e. The van der Waals surface area contributed by atoms with Gasteiger partial charge in [-0.25, -0.2) is 13.4 Å². The maximum Gasteiger partial charge on any atom is 0.230 e. The molecule has 0 aliphatic carbocycles. The fourth-order valence-corrected chi connectivity index (χ4v) is 4.08. The largest absolute Gasteiger partial charge is 0.444 e. The summed E-state index contributed by atoms with van der Waals surface area (Å²) >= 11 is 0. The normalized spacial score (nSPS) is 19.0. The summed E-state index contributed by atoms with van der Waals surface area (Å²) in [6.45, 7) is 8.11. The second-order valence-electron chi connectivity index (χ2n) is 5.50. The van der Waals surface area contributed by atoms with Crippen LogP contribution >= 0.6 is 0 Å². The van der Waals surface area contributed by atoms with E-state index in [1.54, 1.807) is 6.92 Å². The van der Waals surface area contributed by atoms with Gasteiger partial charge in [0.15, 0.2) is 5.25 Å². The molecule has 0 radical (unpaired) electrons. The first-order valence-electron chi connectivity index (χ1n) is 7.42. The zero-order valence-corrected chi connectivity index (χ0v) is 14.1. The van der Waals surface area contributed by atoms with E-state index in [4.69, 9.17) is 9.68 Å². The van der Waals surface area contributed by atoms with Gasteiger partial charge in [-0.3, -0.25) is 4.90 Å². The monoisotopic (exact) mass is 326 g/mol. The van der Waals surface area contributed by atoms with Gasteiger partial charge in [-0.15, -0.1) is 0 Å². The van der Waals surface area contributed by atoms with Gasteiger partial charge in [-0.2, -0.15) is 9.57 Å². The van der Waals surface area contributed by atoms with Crippen LogP contribution in [0.1, 0.15) is 30.7 Å². The van der Waals surface area contributed by atoms with E-state index in [0.29, 0.717) is 45.0 Å². The van der Waals surface area contributed by atoms with Gasteiger partial charge in [-0.05, 0) is 20.3 Å². The molecule has 1 fully saturated rings. The van der Waals surface area contributed by atoms with Crippen LogP contribution in [-0.4, -0.2) is 54.0 Å². The molecule has 0 aromatic carbocycles. The fourth-order valence-electron chi connectivity index (χ4n) is 2.49. The molecule has 1 aromatic heterocycles. The maximum absolute atomic E-state index is 12.3. The SMILES string of the molecule is CC[C@@H](C#N)S(=O)(=O)N1CCN(Cc2nc(C)c(C)o2)CC1. The van der Waals surface area contributed by atoms with Crippen molar-refractivity contribution in [1.82, 2.24) is 14.2 Å². The highest BCUT2D eigenvalue weighted by Crippen LogP contribution is 2.17. The van der Waals surface area contributed by atoms with Crippen molar-refractivity contribution in [3.8, 4) is 6.07 Å². The molecule has 0 saturated carbocycles. The third-order valence-electron chi connectivity index (χ3n) is 4.00. The highest BCUT2D eigenvalue weighted by atomic mass is 32.2. The highest BCUT2D eigenvalue weighted by Gasteiger charge is 2.33. The molecule has 1 atom stereocenters. The van der Waals surface area contributed by atoms with Crippen LogP contribution in [0.4, 0.5) is 0 Å². The summed E-state index contributed by atoms with van der Waals surface area (Å²) in [6, 6.07) is 1.88. The molecule has 122 valence electrons. The number of aryl methyl sites for hydroxylation is 2. The molecule has 0 N–H and O–H groups in total. The lowest BCUT2D eigenvalue weighted by Crippen LogP contribution is -2.50. The second kappa shape index (κ2) is 6.77. The Kier molecular flexibility index (Phi) is 5.21. The number of hydrogen-bond donors (Lipinski definition) is 0. The van der Waals surface area contributed by atoms with Crippen LogP contribution in [0.3, 0.4) is 0 Å². The van der Waals surface area contributed by atoms with Gasteiger partial charge in [0.25, 0.3) is 0 Å². The number of rotatable bonds is 5. The fraction of sp³-hybridized carbons (Fsp3) is 0.714. The molecule has 22 heavy (non-hydrogen) atoms. The van der Waals surface area contributed by atoms with Crippen LogP contribution in [0.25, 0.3) is 0 Å². The minimum absolute atomic E-state index is 0.313. The number of hydrogen-bond acceptors (Lipinski definition) is 6. The highest BCUT2D eigenvalue weighted by molar-refractivity contribution is 7.90. The van der Waals surface area contributed by atoms with E-state index in [0.717, 1.165) is 11.5 Å². The van der Waals surface area contributed by atoms with Crippen LogP contribution in [0.2, 0.25) is 0 Å². The Morgan fingerprint density at radius 3 is 2.41 bits per heavy atom. The lowest BCUT2D eigenvalue weighted by Gasteiger charge is -2.34. The smallest absolute Gasteiger partial charge is 0.230 e. The number of nitriles is 1. The summed E-state index contributed by atoms with van der Waals surface area (Å²) in [6.07, 6.45) is 0.313. The van der Waals surface area contributed by atoms with Crippen LogP contribution in [0, 0.1) is 25.2 Å². The molecule has 1 aliphatic heterocycles. The summed E-state index contributed by atoms with van der Waals surface area (Å²) in [7, 11) is -3.52. The number of sulfonamides is 1. The topological polar surface area (TPSA) is 90.4 Å². The van der Waals surface area contributed by atoms with Crippen molar-refractivity contribution in [2.75, 3.05) is 26.2 Å². The minimum atomic E-state index is -3.52. The Morgan fingerprint density at radius 1 is 1.32 bits per heavy atom. The molecule has 1 saturated heterocycles. The Labute approximate surface area is 131 Å². The number of nitrogens with zero attached hydrogens (tertiary/aromatic N) is 4. The van der Waals surface area contributed by atoms with E-state index in [-0.39, 0.29) is 0 Å². The first-order valence-corrected chi connectivity index (χ1v) is 8.92. The standard InChI is InChI=1S/C14H22N4O3S/c1-4-13(9-15)22(19,20)18-7-5-17(6-8-18)10-14-16-11(2)12(3)21-14/h13H,4-8,10H2,1-3H3/t13-/m0/s1. The van der Waals surface area contributed by atoms with Gasteiger partial charge in [0.05, 0.1) is 18.3 Å². The van der Waals surface area contributed by atoms with Crippen molar-refractivity contribution in [2.45, 2.75) is 39.0 Å². The Bertz CT molecular complexity index is 635. The summed E-state index contributed by atoms with van der Waals surface area (Å²) < 4.78 is 31.6. The summed E-state index contributed by atoms with van der Waals surface area (Å²) in [4.78, 5) is 6.46. The van der Waals surface area contributed by atoms with Gasteiger partial charge in [-0.1, -0.05) is 6.92 Å². The first-order chi connectivity index (χ1) is 10.4. The quantitative estimate of drug-likeness (QED) is 0.803. The van der Waals surface area contributed by atoms with Crippen LogP contribution < -0.4 is 0 Å². The molecule has 2 rings (SSSR count). The Balaban J connectivity index is 1.94. The first kappa shape index (κ1) is 16.9. The molecule has 7 nitrogen and oxygen atoms in total. The number of oxazole rings is 1. The van der Waals surface area contributed by atoms with Gasteiger partial charge in [0, 0.05) is 26.2 Å². The molecule has 0 spiro atoms. The van der Waals surface area contributed by atoms with Gasteiger partial charge < -0.3 is 4.42 Å². The molecule has 0 bridgehead atoms. The van der Waals surface area contributed by atoms with Crippen molar-refractivity contribution >= 4 is 10.0 Å². The van der Waals surface area contributed by atoms with Gasteiger partial charge in [0.2, 0.25) is 15.9 Å².